The van der Waals surface area contributed by atoms with Gasteiger partial charge < -0.3 is 10.6 Å². The van der Waals surface area contributed by atoms with Gasteiger partial charge in [-0.2, -0.15) is 0 Å². The minimum atomic E-state index is -3.31. The molecule has 1 heterocycles. The Morgan fingerprint density at radius 1 is 1.33 bits per heavy atom. The van der Waals surface area contributed by atoms with Crippen LogP contribution in [0.2, 0.25) is 0 Å². The van der Waals surface area contributed by atoms with Gasteiger partial charge >= 0.3 is 0 Å². The third-order valence-corrected chi connectivity index (χ3v) is 5.63. The van der Waals surface area contributed by atoms with E-state index in [0.29, 0.717) is 36.7 Å². The number of carbonyl (C=O) groups is 1. The number of nitrogens with two attached hydrogens (primary N) is 1. The van der Waals surface area contributed by atoms with Gasteiger partial charge in [-0.15, -0.1) is 12.4 Å². The number of halogens is 1. The highest BCUT2D eigenvalue weighted by Gasteiger charge is 2.31. The Kier molecular flexibility index (Phi) is 7.51. The molecule has 0 saturated carbocycles. The molecule has 6 nitrogen and oxygen atoms in total. The Labute approximate surface area is 150 Å². The van der Waals surface area contributed by atoms with Gasteiger partial charge in [0.1, 0.15) is 0 Å². The van der Waals surface area contributed by atoms with Crippen LogP contribution in [0.15, 0.2) is 24.3 Å². The fourth-order valence-corrected chi connectivity index (χ4v) is 4.08. The average Bonchev–Trinajstić information content (AvgIpc) is 2.88. The number of nitrogens with one attached hydrogen (secondary N) is 1. The first-order valence-corrected chi connectivity index (χ1v) is 9.63. The standard InChI is InChI=1S/C16H25N3O3S.ClH/c1-3-8-23(21,22)18-15-6-4-14(5-7-15)16(20)19-11-13(10-17)9-12(19)2;/h4-7,12-13,18H,3,8-11,17H2,1-2H3;1H. The van der Waals surface area contributed by atoms with Crippen LogP contribution in [-0.2, 0) is 10.0 Å². The van der Waals surface area contributed by atoms with E-state index < -0.39 is 10.0 Å². The number of carbonyl (C=O) groups excluding carboxylic acids is 1. The van der Waals surface area contributed by atoms with E-state index in [0.717, 1.165) is 6.42 Å². The van der Waals surface area contributed by atoms with E-state index in [2.05, 4.69) is 4.72 Å². The smallest absolute Gasteiger partial charge is 0.254 e. The molecule has 1 saturated heterocycles. The van der Waals surface area contributed by atoms with Gasteiger partial charge in [-0.1, -0.05) is 6.92 Å². The Morgan fingerprint density at radius 2 is 1.96 bits per heavy atom. The van der Waals surface area contributed by atoms with Crippen molar-refractivity contribution < 1.29 is 13.2 Å². The summed E-state index contributed by atoms with van der Waals surface area (Å²) in [6.07, 6.45) is 1.48. The first kappa shape index (κ1) is 20.7. The average molecular weight is 376 g/mol. The maximum absolute atomic E-state index is 12.6. The molecule has 8 heteroatoms. The maximum atomic E-state index is 12.6. The topological polar surface area (TPSA) is 92.5 Å². The zero-order valence-electron chi connectivity index (χ0n) is 14.1. The number of anilines is 1. The van der Waals surface area contributed by atoms with Gasteiger partial charge in [0.15, 0.2) is 0 Å². The number of hydrogen-bond acceptors (Lipinski definition) is 4. The van der Waals surface area contributed by atoms with Crippen LogP contribution in [0.4, 0.5) is 5.69 Å². The van der Waals surface area contributed by atoms with Gasteiger partial charge in [0, 0.05) is 23.8 Å². The van der Waals surface area contributed by atoms with Crippen molar-refractivity contribution in [3.8, 4) is 0 Å². The lowest BCUT2D eigenvalue weighted by Crippen LogP contribution is -2.34. The van der Waals surface area contributed by atoms with Crippen LogP contribution in [0.3, 0.4) is 0 Å². The molecular weight excluding hydrogens is 350 g/mol. The summed E-state index contributed by atoms with van der Waals surface area (Å²) < 4.78 is 26.0. The molecule has 0 spiro atoms. The molecule has 0 aromatic heterocycles. The Bertz CT molecular complexity index is 649. The molecule has 3 N–H and O–H groups in total. The fourth-order valence-electron chi connectivity index (χ4n) is 2.94. The molecule has 1 fully saturated rings. The van der Waals surface area contributed by atoms with Crippen molar-refractivity contribution in [3.63, 3.8) is 0 Å². The third kappa shape index (κ3) is 5.09. The van der Waals surface area contributed by atoms with E-state index in [1.54, 1.807) is 24.3 Å². The largest absolute Gasteiger partial charge is 0.336 e. The molecule has 2 rings (SSSR count). The molecule has 1 aliphatic heterocycles. The second kappa shape index (κ2) is 8.69. The second-order valence-electron chi connectivity index (χ2n) is 6.14. The van der Waals surface area contributed by atoms with Crippen molar-refractivity contribution in [3.05, 3.63) is 29.8 Å². The molecule has 136 valence electrons. The molecule has 0 aliphatic carbocycles. The van der Waals surface area contributed by atoms with Crippen molar-refractivity contribution in [2.45, 2.75) is 32.7 Å². The van der Waals surface area contributed by atoms with E-state index in [1.807, 2.05) is 18.7 Å². The lowest BCUT2D eigenvalue weighted by molar-refractivity contribution is 0.0743. The highest BCUT2D eigenvalue weighted by molar-refractivity contribution is 7.92. The van der Waals surface area contributed by atoms with Crippen LogP contribution in [0.5, 0.6) is 0 Å². The highest BCUT2D eigenvalue weighted by Crippen LogP contribution is 2.24. The summed E-state index contributed by atoms with van der Waals surface area (Å²) in [7, 11) is -3.31. The summed E-state index contributed by atoms with van der Waals surface area (Å²) in [6.45, 7) is 5.11. The van der Waals surface area contributed by atoms with Crippen LogP contribution in [0.25, 0.3) is 0 Å². The number of rotatable bonds is 6. The van der Waals surface area contributed by atoms with Crippen molar-refractivity contribution in [2.75, 3.05) is 23.6 Å². The lowest BCUT2D eigenvalue weighted by Gasteiger charge is -2.21. The van der Waals surface area contributed by atoms with Gasteiger partial charge in [-0.05, 0) is 56.5 Å². The molecule has 0 radical (unpaired) electrons. The Hall–Kier alpha value is -1.31. The van der Waals surface area contributed by atoms with Crippen LogP contribution < -0.4 is 10.5 Å². The van der Waals surface area contributed by atoms with Crippen molar-refractivity contribution in [1.82, 2.24) is 4.90 Å². The molecule has 1 aliphatic rings. The summed E-state index contributed by atoms with van der Waals surface area (Å²) in [6, 6.07) is 6.76. The van der Waals surface area contributed by atoms with Crippen LogP contribution in [0, 0.1) is 5.92 Å². The van der Waals surface area contributed by atoms with Gasteiger partial charge in [0.2, 0.25) is 10.0 Å². The molecule has 1 aromatic rings. The quantitative estimate of drug-likeness (QED) is 0.796. The minimum absolute atomic E-state index is 0. The summed E-state index contributed by atoms with van der Waals surface area (Å²) >= 11 is 0. The van der Waals surface area contributed by atoms with Gasteiger partial charge in [-0.3, -0.25) is 9.52 Å². The van der Waals surface area contributed by atoms with Crippen molar-refractivity contribution >= 4 is 34.0 Å². The Balaban J connectivity index is 0.00000288. The van der Waals surface area contributed by atoms with E-state index in [1.165, 1.54) is 0 Å². The minimum Gasteiger partial charge on any atom is -0.336 e. The van der Waals surface area contributed by atoms with E-state index in [9.17, 15) is 13.2 Å². The van der Waals surface area contributed by atoms with E-state index in [-0.39, 0.29) is 30.1 Å². The van der Waals surface area contributed by atoms with E-state index >= 15 is 0 Å². The number of amides is 1. The number of hydrogen-bond donors (Lipinski definition) is 2. The molecular formula is C16H26ClN3O3S. The summed E-state index contributed by atoms with van der Waals surface area (Å²) in [4.78, 5) is 14.4. The fraction of sp³-hybridized carbons (Fsp3) is 0.562. The predicted molar refractivity (Wildman–Crippen MR) is 99.1 cm³/mol. The van der Waals surface area contributed by atoms with E-state index in [4.69, 9.17) is 5.73 Å². The number of sulfonamides is 1. The van der Waals surface area contributed by atoms with Gasteiger partial charge in [0.05, 0.1) is 5.75 Å². The lowest BCUT2D eigenvalue weighted by atomic mass is 10.1. The molecule has 1 aromatic carbocycles. The summed E-state index contributed by atoms with van der Waals surface area (Å²) in [5, 5.41) is 0. The van der Waals surface area contributed by atoms with Crippen LogP contribution in [0.1, 0.15) is 37.0 Å². The Morgan fingerprint density at radius 3 is 2.46 bits per heavy atom. The number of benzene rings is 1. The number of nitrogens with zero attached hydrogens (tertiary/aromatic N) is 1. The second-order valence-corrected chi connectivity index (χ2v) is 7.98. The molecule has 2 atom stereocenters. The SMILES string of the molecule is CCCS(=O)(=O)Nc1ccc(C(=O)N2CC(CN)CC2C)cc1.Cl. The van der Waals surface area contributed by atoms with Gasteiger partial charge in [-0.25, -0.2) is 8.42 Å². The highest BCUT2D eigenvalue weighted by atomic mass is 35.5. The first-order chi connectivity index (χ1) is 10.9. The predicted octanol–water partition coefficient (Wildman–Crippen LogP) is 2.07. The zero-order chi connectivity index (χ0) is 17.0. The van der Waals surface area contributed by atoms with Gasteiger partial charge in [0.25, 0.3) is 5.91 Å². The summed E-state index contributed by atoms with van der Waals surface area (Å²) in [5.41, 5.74) is 6.74. The first-order valence-electron chi connectivity index (χ1n) is 7.98. The molecule has 24 heavy (non-hydrogen) atoms. The maximum Gasteiger partial charge on any atom is 0.254 e. The monoisotopic (exact) mass is 375 g/mol. The van der Waals surface area contributed by atoms with Crippen molar-refractivity contribution in [1.29, 1.82) is 0 Å². The molecule has 2 unspecified atom stereocenters. The third-order valence-electron chi connectivity index (χ3n) is 4.13. The summed E-state index contributed by atoms with van der Waals surface area (Å²) in [5.74, 6) is 0.407. The normalized spacial score (nSPS) is 20.5. The molecule has 1 amide bonds. The van der Waals surface area contributed by atoms with Crippen LogP contribution in [-0.4, -0.2) is 44.1 Å². The van der Waals surface area contributed by atoms with Crippen molar-refractivity contribution in [2.24, 2.45) is 11.7 Å². The zero-order valence-corrected chi connectivity index (χ0v) is 15.7. The number of likely N-dealkylation sites (tertiary alicyclic amines) is 1. The van der Waals surface area contributed by atoms with Crippen LogP contribution >= 0.6 is 12.4 Å². The molecule has 0 bridgehead atoms.